The van der Waals surface area contributed by atoms with Crippen molar-refractivity contribution < 1.29 is 14.3 Å². The van der Waals surface area contributed by atoms with Gasteiger partial charge in [0.2, 0.25) is 0 Å². The van der Waals surface area contributed by atoms with Gasteiger partial charge in [0.25, 0.3) is 5.91 Å². The van der Waals surface area contributed by atoms with Crippen molar-refractivity contribution >= 4 is 23.6 Å². The van der Waals surface area contributed by atoms with Crippen molar-refractivity contribution in [2.24, 2.45) is 0 Å². The monoisotopic (exact) mass is 420 g/mol. The Labute approximate surface area is 181 Å². The second-order valence-electron chi connectivity index (χ2n) is 6.67. The number of thioether (sulfide) groups is 1. The molecule has 0 N–H and O–H groups in total. The summed E-state index contributed by atoms with van der Waals surface area (Å²) in [7, 11) is 0. The van der Waals surface area contributed by atoms with Crippen molar-refractivity contribution in [1.29, 1.82) is 0 Å². The number of carbonyl (C=O) groups is 2. The van der Waals surface area contributed by atoms with E-state index in [1.807, 2.05) is 66.9 Å². The maximum absolute atomic E-state index is 12.9. The highest BCUT2D eigenvalue weighted by Crippen LogP contribution is 2.17. The van der Waals surface area contributed by atoms with E-state index in [0.717, 1.165) is 17.5 Å². The summed E-state index contributed by atoms with van der Waals surface area (Å²) in [6.07, 6.45) is 4.20. The smallest absolute Gasteiger partial charge is 0.341 e. The predicted molar refractivity (Wildman–Crippen MR) is 118 cm³/mol. The fourth-order valence-electron chi connectivity index (χ4n) is 3.01. The molecule has 0 saturated heterocycles. The Morgan fingerprint density at radius 3 is 2.27 bits per heavy atom. The third-order valence-corrected chi connectivity index (χ3v) is 5.31. The molecule has 0 spiro atoms. The number of pyridine rings is 1. The van der Waals surface area contributed by atoms with Crippen LogP contribution < -0.4 is 0 Å². The van der Waals surface area contributed by atoms with Gasteiger partial charge in [-0.05, 0) is 35.9 Å². The maximum Gasteiger partial charge on any atom is 0.341 e. The number of ether oxygens (including phenoxy) is 1. The summed E-state index contributed by atoms with van der Waals surface area (Å²) in [6, 6.07) is 23.1. The Balaban J connectivity index is 1.65. The molecule has 0 aliphatic heterocycles. The van der Waals surface area contributed by atoms with Gasteiger partial charge in [0.15, 0.2) is 6.61 Å². The van der Waals surface area contributed by atoms with Crippen LogP contribution in [0.3, 0.4) is 0 Å². The van der Waals surface area contributed by atoms with E-state index in [-0.39, 0.29) is 12.5 Å². The van der Waals surface area contributed by atoms with E-state index < -0.39 is 5.97 Å². The molecule has 2 aromatic carbocycles. The summed E-state index contributed by atoms with van der Waals surface area (Å²) < 4.78 is 5.32. The summed E-state index contributed by atoms with van der Waals surface area (Å²) in [5.41, 5.74) is 2.55. The highest BCUT2D eigenvalue weighted by Gasteiger charge is 2.19. The standard InChI is InChI=1S/C24H24N2O3S/c1-30-23-21(13-8-15-25-23)24(28)29-18-22(27)26(17-20-11-6-3-7-12-20)16-14-19-9-4-2-5-10-19/h2-13,15H,14,16-18H2,1H3. The molecule has 0 saturated carbocycles. The van der Waals surface area contributed by atoms with E-state index in [4.69, 9.17) is 4.74 Å². The summed E-state index contributed by atoms with van der Waals surface area (Å²) in [5, 5.41) is 0.583. The van der Waals surface area contributed by atoms with E-state index in [1.165, 1.54) is 11.8 Å². The lowest BCUT2D eigenvalue weighted by Crippen LogP contribution is -2.36. The molecule has 6 heteroatoms. The van der Waals surface area contributed by atoms with E-state index in [2.05, 4.69) is 4.98 Å². The lowest BCUT2D eigenvalue weighted by molar-refractivity contribution is -0.135. The number of esters is 1. The zero-order valence-electron chi connectivity index (χ0n) is 16.9. The van der Waals surface area contributed by atoms with Crippen molar-refractivity contribution in [1.82, 2.24) is 9.88 Å². The number of benzene rings is 2. The van der Waals surface area contributed by atoms with Crippen LogP contribution in [0.4, 0.5) is 0 Å². The van der Waals surface area contributed by atoms with Gasteiger partial charge in [0, 0.05) is 19.3 Å². The van der Waals surface area contributed by atoms with Gasteiger partial charge in [-0.1, -0.05) is 60.7 Å². The zero-order valence-corrected chi connectivity index (χ0v) is 17.7. The number of hydrogen-bond acceptors (Lipinski definition) is 5. The Morgan fingerprint density at radius 2 is 1.60 bits per heavy atom. The topological polar surface area (TPSA) is 59.5 Å². The fraction of sp³-hybridized carbons (Fsp3) is 0.208. The molecule has 1 amide bonds. The van der Waals surface area contributed by atoms with Crippen LogP contribution in [0.2, 0.25) is 0 Å². The third-order valence-electron chi connectivity index (χ3n) is 4.59. The van der Waals surface area contributed by atoms with E-state index >= 15 is 0 Å². The number of aromatic nitrogens is 1. The van der Waals surface area contributed by atoms with Crippen LogP contribution in [0.5, 0.6) is 0 Å². The average Bonchev–Trinajstić information content (AvgIpc) is 2.81. The molecule has 154 valence electrons. The Hall–Kier alpha value is -3.12. The largest absolute Gasteiger partial charge is 0.452 e. The van der Waals surface area contributed by atoms with Gasteiger partial charge in [0.05, 0.1) is 5.56 Å². The molecule has 3 rings (SSSR count). The van der Waals surface area contributed by atoms with Gasteiger partial charge >= 0.3 is 5.97 Å². The first kappa shape index (κ1) is 21.6. The van der Waals surface area contributed by atoms with Gasteiger partial charge in [-0.25, -0.2) is 9.78 Å². The molecule has 1 heterocycles. The lowest BCUT2D eigenvalue weighted by atomic mass is 10.1. The normalized spacial score (nSPS) is 10.4. The lowest BCUT2D eigenvalue weighted by Gasteiger charge is -2.23. The molecule has 0 aliphatic rings. The molecule has 0 unspecified atom stereocenters. The highest BCUT2D eigenvalue weighted by molar-refractivity contribution is 7.98. The quantitative estimate of drug-likeness (QED) is 0.383. The molecule has 0 bridgehead atoms. The van der Waals surface area contributed by atoms with Gasteiger partial charge in [-0.15, -0.1) is 11.8 Å². The van der Waals surface area contributed by atoms with Crippen LogP contribution in [0.15, 0.2) is 84.0 Å². The minimum absolute atomic E-state index is 0.224. The molecule has 0 fully saturated rings. The average molecular weight is 421 g/mol. The predicted octanol–water partition coefficient (Wildman–Crippen LogP) is 4.23. The van der Waals surface area contributed by atoms with E-state index in [0.29, 0.717) is 23.7 Å². The van der Waals surface area contributed by atoms with Gasteiger partial charge < -0.3 is 9.64 Å². The summed E-state index contributed by atoms with van der Waals surface area (Å²) in [5.74, 6) is -0.763. The van der Waals surface area contributed by atoms with Gasteiger partial charge in [-0.2, -0.15) is 0 Å². The molecule has 30 heavy (non-hydrogen) atoms. The first-order chi connectivity index (χ1) is 14.7. The first-order valence-electron chi connectivity index (χ1n) is 9.69. The van der Waals surface area contributed by atoms with Crippen molar-refractivity contribution in [3.8, 4) is 0 Å². The van der Waals surface area contributed by atoms with Gasteiger partial charge in [-0.3, -0.25) is 4.79 Å². The number of nitrogens with zero attached hydrogens (tertiary/aromatic N) is 2. The SMILES string of the molecule is CSc1ncccc1C(=O)OCC(=O)N(CCc1ccccc1)Cc1ccccc1. The highest BCUT2D eigenvalue weighted by atomic mass is 32.2. The minimum Gasteiger partial charge on any atom is -0.452 e. The number of carbonyl (C=O) groups excluding carboxylic acids is 2. The van der Waals surface area contributed by atoms with Crippen LogP contribution in [-0.4, -0.2) is 41.2 Å². The van der Waals surface area contributed by atoms with Crippen LogP contribution in [0, 0.1) is 0 Å². The molecule has 3 aromatic rings. The second kappa shape index (κ2) is 11.2. The third kappa shape index (κ3) is 6.19. The van der Waals surface area contributed by atoms with Gasteiger partial charge in [0.1, 0.15) is 5.03 Å². The van der Waals surface area contributed by atoms with Crippen molar-refractivity contribution in [2.45, 2.75) is 18.0 Å². The van der Waals surface area contributed by atoms with Crippen LogP contribution in [0.1, 0.15) is 21.5 Å². The Morgan fingerprint density at radius 1 is 0.933 bits per heavy atom. The Kier molecular flexibility index (Phi) is 8.03. The summed E-state index contributed by atoms with van der Waals surface area (Å²) in [4.78, 5) is 31.2. The molecule has 5 nitrogen and oxygen atoms in total. The van der Waals surface area contributed by atoms with E-state index in [1.54, 1.807) is 23.2 Å². The van der Waals surface area contributed by atoms with Crippen LogP contribution in [0.25, 0.3) is 0 Å². The number of amides is 1. The van der Waals surface area contributed by atoms with Crippen molar-refractivity contribution in [3.05, 3.63) is 95.7 Å². The molecular weight excluding hydrogens is 396 g/mol. The van der Waals surface area contributed by atoms with Crippen molar-refractivity contribution in [3.63, 3.8) is 0 Å². The zero-order chi connectivity index (χ0) is 21.2. The van der Waals surface area contributed by atoms with Crippen molar-refractivity contribution in [2.75, 3.05) is 19.4 Å². The molecule has 1 aromatic heterocycles. The molecule has 0 aliphatic carbocycles. The van der Waals surface area contributed by atoms with Crippen LogP contribution >= 0.6 is 11.8 Å². The van der Waals surface area contributed by atoms with E-state index in [9.17, 15) is 9.59 Å². The minimum atomic E-state index is -0.538. The number of hydrogen-bond donors (Lipinski definition) is 0. The summed E-state index contributed by atoms with van der Waals surface area (Å²) >= 11 is 1.36. The summed E-state index contributed by atoms with van der Waals surface area (Å²) in [6.45, 7) is 0.703. The van der Waals surface area contributed by atoms with Crippen LogP contribution in [-0.2, 0) is 22.5 Å². The maximum atomic E-state index is 12.9. The second-order valence-corrected chi connectivity index (χ2v) is 7.47. The molecule has 0 radical (unpaired) electrons. The fourth-order valence-corrected chi connectivity index (χ4v) is 3.55. The molecule has 0 atom stereocenters. The molecular formula is C24H24N2O3S. The Bertz CT molecular complexity index is 964. The first-order valence-corrected chi connectivity index (χ1v) is 10.9. The number of rotatable bonds is 9.